The summed E-state index contributed by atoms with van der Waals surface area (Å²) in [5.74, 6) is -0.131. The van der Waals surface area contributed by atoms with Crippen molar-refractivity contribution in [1.82, 2.24) is 19.6 Å². The van der Waals surface area contributed by atoms with Gasteiger partial charge in [0.25, 0.3) is 0 Å². The Hall–Kier alpha value is -2.25. The van der Waals surface area contributed by atoms with Gasteiger partial charge in [0.1, 0.15) is 0 Å². The fraction of sp³-hybridized carbons (Fsp3) is 0.531. The second-order valence-electron chi connectivity index (χ2n) is 25.8. The Morgan fingerprint density at radius 1 is 0.481 bits per heavy atom. The molecule has 4 fully saturated rings. The molecule has 79 heavy (non-hydrogen) atoms. The second kappa shape index (κ2) is 28.1. The van der Waals surface area contributed by atoms with Gasteiger partial charge in [-0.15, -0.1) is 34.7 Å². The molecule has 0 aromatic heterocycles. The first-order valence-electron chi connectivity index (χ1n) is 27.5. The molecular weight excluding hydrogens is 1280 g/mol. The summed E-state index contributed by atoms with van der Waals surface area (Å²) < 4.78 is 0. The minimum Gasteiger partial charge on any atom is -0.872 e. The van der Waals surface area contributed by atoms with Crippen molar-refractivity contribution in [2.45, 2.75) is 188 Å². The number of alkyl halides is 2. The number of hydrogen-bond acceptors (Lipinski definition) is 8. The van der Waals surface area contributed by atoms with E-state index >= 15 is 0 Å². The van der Waals surface area contributed by atoms with Crippen LogP contribution < -0.4 is 20.4 Å². The standard InChI is InChI=1S/2C28H38Cl2N2O2.C7H8.CH2Cl2.Hf/c2*1-27(2,3)18-11-17(24(33)22(12-18)28(4,5)6)15-31-16-20-9-7-8-10-32(20)26(31)21-13-19(29)14-23(30)25(21)34;1-7-5-3-2-4-6-7;2-1-3;/h2*11-14,20,26,33-34H,7-10,15-16H2,1-6H3;2-6H,1H3;1H2;/q;;;;+4/p-4/t2*20-,26+;;;/m00.../s1. The Balaban J connectivity index is 0.000000245. The Bertz CT molecular complexity index is 2660. The molecule has 9 rings (SSSR count). The van der Waals surface area contributed by atoms with E-state index in [1.165, 1.54) is 30.5 Å². The zero-order valence-corrected chi connectivity index (χ0v) is 56.8. The summed E-state index contributed by atoms with van der Waals surface area (Å²) in [4.78, 5) is 9.40. The Kier molecular flexibility index (Phi) is 24.0. The summed E-state index contributed by atoms with van der Waals surface area (Å²) in [7, 11) is 0. The van der Waals surface area contributed by atoms with Crippen LogP contribution in [0.3, 0.4) is 0 Å². The zero-order valence-electron chi connectivity index (χ0n) is 48.7. The molecule has 15 heteroatoms. The van der Waals surface area contributed by atoms with Gasteiger partial charge in [-0.2, -0.15) is 0 Å². The molecule has 4 saturated heterocycles. The predicted molar refractivity (Wildman–Crippen MR) is 321 cm³/mol. The first-order valence-corrected chi connectivity index (χ1v) is 30.1. The van der Waals surface area contributed by atoms with E-state index in [0.29, 0.717) is 46.3 Å². The first-order chi connectivity index (χ1) is 36.3. The molecule has 8 nitrogen and oxygen atoms in total. The van der Waals surface area contributed by atoms with Gasteiger partial charge in [-0.3, -0.25) is 19.6 Å². The first kappa shape index (κ1) is 67.5. The Labute approximate surface area is 522 Å². The summed E-state index contributed by atoms with van der Waals surface area (Å²) in [6, 6.07) is 25.9. The van der Waals surface area contributed by atoms with Crippen LogP contribution in [0, 0.1) is 6.92 Å². The molecule has 4 heterocycles. The number of halogens is 6. The van der Waals surface area contributed by atoms with Crippen molar-refractivity contribution in [1.29, 1.82) is 0 Å². The second-order valence-corrected chi connectivity index (χ2v) is 28.3. The maximum Gasteiger partial charge on any atom is 4.00 e. The number of piperidine rings is 2. The number of nitrogens with zero attached hydrogens (tertiary/aromatic N) is 4. The van der Waals surface area contributed by atoms with Gasteiger partial charge >= 0.3 is 25.8 Å². The number of rotatable bonds is 6. The number of fused-ring (bicyclic) bond motifs is 2. The van der Waals surface area contributed by atoms with Gasteiger partial charge in [0.05, 0.1) is 17.7 Å². The van der Waals surface area contributed by atoms with Crippen molar-refractivity contribution in [3.05, 3.63) is 149 Å². The van der Waals surface area contributed by atoms with Gasteiger partial charge in [-0.25, -0.2) is 0 Å². The molecule has 5 aromatic carbocycles. The van der Waals surface area contributed by atoms with E-state index in [9.17, 15) is 20.4 Å². The average molecular weight is 1360 g/mol. The molecule has 0 spiro atoms. The van der Waals surface area contributed by atoms with Crippen LogP contribution in [-0.4, -0.2) is 63.2 Å². The Morgan fingerprint density at radius 3 is 1.14 bits per heavy atom. The van der Waals surface area contributed by atoms with Gasteiger partial charge in [0.15, 0.2) is 0 Å². The molecule has 4 atom stereocenters. The van der Waals surface area contributed by atoms with Crippen LogP contribution in [0.5, 0.6) is 23.0 Å². The molecule has 5 aromatic rings. The molecule has 0 N–H and O–H groups in total. The molecule has 0 amide bonds. The van der Waals surface area contributed by atoms with Crippen LogP contribution >= 0.6 is 69.6 Å². The SMILES string of the molecule is CC(C)(C)c1cc(CN2C[C@@H]3CCCCN3[C@@H]2c2cc(Cl)cc(Cl)c2[O-])c([O-])c(C(C)(C)C)c1.CC(C)(C)c1cc(CN2C[C@@H]3CCCCN3[C@@H]2c2cc(Cl)cc(Cl)c2[O-])c([O-])c(C(C)(C)C)c1.Cc1ccccc1.ClCCl.[Hf+4]. The van der Waals surface area contributed by atoms with E-state index in [2.05, 4.69) is 146 Å². The van der Waals surface area contributed by atoms with E-state index in [1.807, 2.05) is 18.2 Å². The van der Waals surface area contributed by atoms with E-state index in [4.69, 9.17) is 69.6 Å². The molecule has 4 aliphatic heterocycles. The van der Waals surface area contributed by atoms with E-state index in [0.717, 1.165) is 85.2 Å². The third-order valence-corrected chi connectivity index (χ3v) is 16.6. The Morgan fingerprint density at radius 2 is 0.835 bits per heavy atom. The van der Waals surface area contributed by atoms with Gasteiger partial charge in [-0.1, -0.05) is 214 Å². The van der Waals surface area contributed by atoms with Crippen LogP contribution in [0.25, 0.3) is 0 Å². The average Bonchev–Trinajstić information content (AvgIpc) is 3.96. The van der Waals surface area contributed by atoms with Crippen molar-refractivity contribution in [2.24, 2.45) is 0 Å². The van der Waals surface area contributed by atoms with Gasteiger partial charge in [-0.05, 0) is 123 Å². The monoisotopic (exact) mass is 1360 g/mol. The van der Waals surface area contributed by atoms with Crippen LogP contribution in [0.15, 0.2) is 78.9 Å². The normalized spacial score (nSPS) is 20.1. The molecule has 428 valence electrons. The molecule has 0 bridgehead atoms. The molecule has 0 aliphatic carbocycles. The number of benzene rings is 5. The summed E-state index contributed by atoms with van der Waals surface area (Å²) in [6.45, 7) is 32.2. The van der Waals surface area contributed by atoms with E-state index in [-0.39, 0.29) is 98.2 Å². The van der Waals surface area contributed by atoms with Gasteiger partial charge in [0, 0.05) is 71.4 Å². The van der Waals surface area contributed by atoms with Crippen LogP contribution in [0.2, 0.25) is 20.1 Å². The molecule has 0 unspecified atom stereocenters. The van der Waals surface area contributed by atoms with Crippen molar-refractivity contribution < 1.29 is 46.3 Å². The third-order valence-electron chi connectivity index (χ3n) is 15.6. The smallest absolute Gasteiger partial charge is 0.872 e. The van der Waals surface area contributed by atoms with Crippen LogP contribution in [0.4, 0.5) is 0 Å². The fourth-order valence-corrected chi connectivity index (χ4v) is 12.4. The summed E-state index contributed by atoms with van der Waals surface area (Å²) in [5, 5.41) is 55.0. The van der Waals surface area contributed by atoms with Crippen molar-refractivity contribution >= 4 is 69.6 Å². The summed E-state index contributed by atoms with van der Waals surface area (Å²) >= 11 is 34.7. The predicted octanol–water partition coefficient (Wildman–Crippen LogP) is 15.6. The summed E-state index contributed by atoms with van der Waals surface area (Å²) in [5.41, 5.74) is 7.49. The topological polar surface area (TPSA) is 105 Å². The number of hydrogen-bond donors (Lipinski definition) is 0. The quantitative estimate of drug-likeness (QED) is 0.122. The maximum absolute atomic E-state index is 13.7. The molecular formula is C64H82Cl6HfN4O4. The van der Waals surface area contributed by atoms with Crippen LogP contribution in [0.1, 0.15) is 184 Å². The van der Waals surface area contributed by atoms with Gasteiger partial charge < -0.3 is 20.4 Å². The van der Waals surface area contributed by atoms with E-state index < -0.39 is 0 Å². The van der Waals surface area contributed by atoms with Crippen molar-refractivity contribution in [3.8, 4) is 23.0 Å². The third kappa shape index (κ3) is 17.0. The molecule has 0 saturated carbocycles. The number of aryl methyl sites for hydroxylation is 1. The van der Waals surface area contributed by atoms with Crippen LogP contribution in [-0.2, 0) is 60.6 Å². The van der Waals surface area contributed by atoms with Crippen molar-refractivity contribution in [3.63, 3.8) is 0 Å². The molecule has 4 aliphatic rings. The minimum absolute atomic E-state index is 0. The molecule has 0 radical (unpaired) electrons. The maximum atomic E-state index is 13.7. The fourth-order valence-electron chi connectivity index (χ4n) is 11.4. The minimum atomic E-state index is -0.252. The largest absolute Gasteiger partial charge is 4.00 e. The van der Waals surface area contributed by atoms with Crippen molar-refractivity contribution in [2.75, 3.05) is 31.5 Å². The zero-order chi connectivity index (χ0) is 57.8. The van der Waals surface area contributed by atoms with Gasteiger partial charge in [0.2, 0.25) is 0 Å². The van der Waals surface area contributed by atoms with E-state index in [1.54, 1.807) is 12.1 Å². The summed E-state index contributed by atoms with van der Waals surface area (Å²) in [6.07, 6.45) is 6.29.